The van der Waals surface area contributed by atoms with Gasteiger partial charge >= 0.3 is 29.7 Å². The number of rotatable bonds is 17. The molecular formula is C20H30F8O3. The van der Waals surface area contributed by atoms with E-state index in [1.807, 2.05) is 0 Å². The highest BCUT2D eigenvalue weighted by atomic mass is 19.4. The summed E-state index contributed by atoms with van der Waals surface area (Å²) in [6.07, 6.45) is -2.76. The quantitative estimate of drug-likeness (QED) is 0.114. The van der Waals surface area contributed by atoms with Crippen LogP contribution in [0.4, 0.5) is 35.1 Å². The predicted molar refractivity (Wildman–Crippen MR) is 98.8 cm³/mol. The van der Waals surface area contributed by atoms with Gasteiger partial charge in [0.2, 0.25) is 0 Å². The Labute approximate surface area is 176 Å². The summed E-state index contributed by atoms with van der Waals surface area (Å²) in [5.41, 5.74) is -0.00622. The first-order chi connectivity index (χ1) is 14.2. The van der Waals surface area contributed by atoms with Gasteiger partial charge in [0, 0.05) is 25.0 Å². The predicted octanol–water partition coefficient (Wildman–Crippen LogP) is 6.54. The van der Waals surface area contributed by atoms with Gasteiger partial charge in [0.15, 0.2) is 0 Å². The van der Waals surface area contributed by atoms with Crippen molar-refractivity contribution in [3.05, 3.63) is 12.2 Å². The Kier molecular flexibility index (Phi) is 12.0. The molecule has 0 radical (unpaired) electrons. The van der Waals surface area contributed by atoms with Gasteiger partial charge in [-0.3, -0.25) is 0 Å². The van der Waals surface area contributed by atoms with Gasteiger partial charge in [-0.25, -0.2) is 4.79 Å². The summed E-state index contributed by atoms with van der Waals surface area (Å²) >= 11 is 0. The van der Waals surface area contributed by atoms with Crippen LogP contribution in [-0.4, -0.2) is 48.0 Å². The van der Waals surface area contributed by atoms with Crippen molar-refractivity contribution in [2.24, 2.45) is 0 Å². The number of aliphatic hydroxyl groups excluding tert-OH is 1. The van der Waals surface area contributed by atoms with E-state index in [9.17, 15) is 39.9 Å². The SMILES string of the molecule is C=C(CCCCCO)C(=O)OCCCC(F)(F)C(F)(F)C(F)(F)C(F)(F)CCCCC. The molecule has 0 saturated carbocycles. The maximum atomic E-state index is 13.8. The van der Waals surface area contributed by atoms with Crippen LogP contribution >= 0.6 is 0 Å². The molecule has 0 aliphatic heterocycles. The van der Waals surface area contributed by atoms with Gasteiger partial charge in [0.05, 0.1) is 6.61 Å². The molecule has 0 aromatic heterocycles. The molecule has 184 valence electrons. The Morgan fingerprint density at radius 1 is 0.806 bits per heavy atom. The Morgan fingerprint density at radius 2 is 1.32 bits per heavy atom. The van der Waals surface area contributed by atoms with Gasteiger partial charge in [-0.1, -0.05) is 32.8 Å². The van der Waals surface area contributed by atoms with Crippen LogP contribution in [0.2, 0.25) is 0 Å². The monoisotopic (exact) mass is 470 g/mol. The van der Waals surface area contributed by atoms with E-state index in [0.717, 1.165) is 0 Å². The minimum atomic E-state index is -6.30. The molecule has 0 unspecified atom stereocenters. The first-order valence-electron chi connectivity index (χ1n) is 10.1. The maximum absolute atomic E-state index is 13.8. The van der Waals surface area contributed by atoms with E-state index in [2.05, 4.69) is 11.3 Å². The summed E-state index contributed by atoms with van der Waals surface area (Å²) in [6.45, 7) is 4.17. The number of ether oxygens (including phenoxy) is 1. The molecule has 0 aliphatic rings. The molecule has 1 N–H and O–H groups in total. The van der Waals surface area contributed by atoms with Crippen LogP contribution < -0.4 is 0 Å². The molecule has 0 fully saturated rings. The topological polar surface area (TPSA) is 46.5 Å². The first kappa shape index (κ1) is 29.6. The Bertz CT molecular complexity index is 565. The van der Waals surface area contributed by atoms with Crippen molar-refractivity contribution >= 4 is 5.97 Å². The highest BCUT2D eigenvalue weighted by Gasteiger charge is 2.79. The van der Waals surface area contributed by atoms with Crippen LogP contribution in [0.15, 0.2) is 12.2 Å². The molecule has 0 aromatic rings. The van der Waals surface area contributed by atoms with Gasteiger partial charge < -0.3 is 9.84 Å². The lowest BCUT2D eigenvalue weighted by molar-refractivity contribution is -0.368. The summed E-state index contributed by atoms with van der Waals surface area (Å²) in [5.74, 6) is -24.3. The normalized spacial score (nSPS) is 13.4. The molecule has 0 amide bonds. The van der Waals surface area contributed by atoms with E-state index < -0.39 is 61.9 Å². The van der Waals surface area contributed by atoms with Crippen LogP contribution in [0, 0.1) is 0 Å². The smallest absolute Gasteiger partial charge is 0.378 e. The Balaban J connectivity index is 4.77. The van der Waals surface area contributed by atoms with Crippen LogP contribution in [0.3, 0.4) is 0 Å². The summed E-state index contributed by atoms with van der Waals surface area (Å²) in [4.78, 5) is 11.6. The number of unbranched alkanes of at least 4 members (excludes halogenated alkanes) is 4. The molecular weight excluding hydrogens is 440 g/mol. The minimum absolute atomic E-state index is 0.00622. The zero-order valence-corrected chi connectivity index (χ0v) is 17.5. The van der Waals surface area contributed by atoms with Crippen LogP contribution in [-0.2, 0) is 9.53 Å². The number of carbonyl (C=O) groups excluding carboxylic acids is 1. The average Bonchev–Trinajstić information content (AvgIpc) is 2.67. The Hall–Kier alpha value is -1.39. The van der Waals surface area contributed by atoms with E-state index in [1.54, 1.807) is 6.92 Å². The third-order valence-corrected chi connectivity index (χ3v) is 4.70. The largest absolute Gasteiger partial charge is 0.462 e. The third kappa shape index (κ3) is 8.23. The van der Waals surface area contributed by atoms with Crippen molar-refractivity contribution < 1.29 is 49.8 Å². The molecule has 0 saturated heterocycles. The fraction of sp³-hybridized carbons (Fsp3) is 0.850. The molecule has 0 aliphatic carbocycles. The first-order valence-corrected chi connectivity index (χ1v) is 10.1. The van der Waals surface area contributed by atoms with E-state index >= 15 is 0 Å². The lowest BCUT2D eigenvalue weighted by Crippen LogP contribution is -2.62. The molecule has 0 bridgehead atoms. The summed E-state index contributed by atoms with van der Waals surface area (Å²) < 4.78 is 114. The number of halogens is 8. The van der Waals surface area contributed by atoms with Gasteiger partial charge in [-0.2, -0.15) is 35.1 Å². The minimum Gasteiger partial charge on any atom is -0.462 e. The van der Waals surface area contributed by atoms with Gasteiger partial charge in [-0.05, 0) is 32.1 Å². The lowest BCUT2D eigenvalue weighted by Gasteiger charge is -2.37. The van der Waals surface area contributed by atoms with Gasteiger partial charge in [0.25, 0.3) is 0 Å². The number of carbonyl (C=O) groups is 1. The van der Waals surface area contributed by atoms with Crippen molar-refractivity contribution in [2.75, 3.05) is 13.2 Å². The van der Waals surface area contributed by atoms with E-state index in [4.69, 9.17) is 5.11 Å². The zero-order valence-electron chi connectivity index (χ0n) is 17.5. The van der Waals surface area contributed by atoms with Crippen LogP contribution in [0.25, 0.3) is 0 Å². The van der Waals surface area contributed by atoms with Crippen molar-refractivity contribution in [2.45, 2.75) is 94.8 Å². The zero-order chi connectivity index (χ0) is 24.3. The fourth-order valence-corrected chi connectivity index (χ4v) is 2.66. The number of hydrogen-bond acceptors (Lipinski definition) is 3. The standard InChI is InChI=1S/C20H30F8O3/c1-3-4-7-11-17(21,22)19(25,26)20(27,28)18(23,24)12-9-14-31-16(30)15(2)10-6-5-8-13-29/h29H,2-14H2,1H3. The summed E-state index contributed by atoms with van der Waals surface area (Å²) in [6, 6.07) is 0. The van der Waals surface area contributed by atoms with Crippen LogP contribution in [0.5, 0.6) is 0 Å². The molecule has 0 rings (SSSR count). The van der Waals surface area contributed by atoms with Crippen molar-refractivity contribution in [3.8, 4) is 0 Å². The van der Waals surface area contributed by atoms with Crippen LogP contribution in [0.1, 0.15) is 71.1 Å². The second-order valence-electron chi connectivity index (χ2n) is 7.39. The molecule has 31 heavy (non-hydrogen) atoms. The third-order valence-electron chi connectivity index (χ3n) is 4.70. The number of hydrogen-bond donors (Lipinski definition) is 1. The molecule has 0 spiro atoms. The second kappa shape index (κ2) is 12.6. The van der Waals surface area contributed by atoms with E-state index in [-0.39, 0.29) is 25.0 Å². The van der Waals surface area contributed by atoms with Crippen molar-refractivity contribution in [3.63, 3.8) is 0 Å². The van der Waals surface area contributed by atoms with E-state index in [0.29, 0.717) is 25.7 Å². The number of alkyl halides is 8. The maximum Gasteiger partial charge on any atom is 0.378 e. The highest BCUT2D eigenvalue weighted by Crippen LogP contribution is 2.55. The highest BCUT2D eigenvalue weighted by molar-refractivity contribution is 5.87. The molecule has 0 heterocycles. The Morgan fingerprint density at radius 3 is 1.81 bits per heavy atom. The van der Waals surface area contributed by atoms with Gasteiger partial charge in [-0.15, -0.1) is 0 Å². The van der Waals surface area contributed by atoms with Crippen molar-refractivity contribution in [1.82, 2.24) is 0 Å². The summed E-state index contributed by atoms with van der Waals surface area (Å²) in [7, 11) is 0. The molecule has 11 heteroatoms. The lowest BCUT2D eigenvalue weighted by atomic mass is 9.93. The average molecular weight is 470 g/mol. The molecule has 0 atom stereocenters. The van der Waals surface area contributed by atoms with Crippen molar-refractivity contribution in [1.29, 1.82) is 0 Å². The number of aliphatic hydroxyl groups is 1. The number of esters is 1. The molecule has 3 nitrogen and oxygen atoms in total. The van der Waals surface area contributed by atoms with Gasteiger partial charge in [0.1, 0.15) is 0 Å². The van der Waals surface area contributed by atoms with E-state index in [1.165, 1.54) is 0 Å². The summed E-state index contributed by atoms with van der Waals surface area (Å²) in [5, 5.41) is 8.63. The second-order valence-corrected chi connectivity index (χ2v) is 7.39. The molecule has 0 aromatic carbocycles. The fourth-order valence-electron chi connectivity index (χ4n) is 2.66.